The third-order valence-corrected chi connectivity index (χ3v) is 5.62. The number of aromatic nitrogens is 1. The normalized spacial score (nSPS) is 10.5. The molecule has 31 heavy (non-hydrogen) atoms. The number of hydrogen-bond acceptors (Lipinski definition) is 6. The molecule has 0 fully saturated rings. The molecular weight excluding hydrogens is 412 g/mol. The highest BCUT2D eigenvalue weighted by Gasteiger charge is 2.11. The summed E-state index contributed by atoms with van der Waals surface area (Å²) < 4.78 is 10.7. The maximum absolute atomic E-state index is 12.2. The van der Waals surface area contributed by atoms with Crippen molar-refractivity contribution < 1.29 is 19.1 Å². The van der Waals surface area contributed by atoms with E-state index in [1.807, 2.05) is 0 Å². The number of carbonyl (C=O) groups is 2. The van der Waals surface area contributed by atoms with Gasteiger partial charge in [-0.2, -0.15) is 0 Å². The lowest BCUT2D eigenvalue weighted by molar-refractivity contribution is -0.118. The Morgan fingerprint density at radius 2 is 1.90 bits per heavy atom. The number of amides is 1. The number of anilines is 1. The van der Waals surface area contributed by atoms with Crippen molar-refractivity contribution in [2.45, 2.75) is 32.6 Å². The number of ether oxygens (including phenoxy) is 2. The molecule has 6 nitrogen and oxygen atoms in total. The van der Waals surface area contributed by atoms with Crippen molar-refractivity contribution in [2.24, 2.45) is 0 Å². The van der Waals surface area contributed by atoms with Crippen molar-refractivity contribution in [3.8, 4) is 11.5 Å². The van der Waals surface area contributed by atoms with E-state index < -0.39 is 0 Å². The lowest BCUT2D eigenvalue weighted by Crippen LogP contribution is -2.20. The van der Waals surface area contributed by atoms with Crippen LogP contribution in [0.5, 0.6) is 11.5 Å². The molecule has 2 aromatic carbocycles. The predicted octanol–water partition coefficient (Wildman–Crippen LogP) is 4.92. The molecule has 0 aliphatic carbocycles. The first-order chi connectivity index (χ1) is 15.1. The lowest BCUT2D eigenvalue weighted by atomic mass is 10.0. The fourth-order valence-corrected chi connectivity index (χ4v) is 3.89. The third kappa shape index (κ3) is 6.65. The van der Waals surface area contributed by atoms with Gasteiger partial charge in [0.15, 0.2) is 23.2 Å². The molecule has 0 unspecified atom stereocenters. The van der Waals surface area contributed by atoms with E-state index in [9.17, 15) is 9.59 Å². The maximum atomic E-state index is 12.2. The minimum atomic E-state index is -0.317. The number of nitrogens with one attached hydrogen (secondary N) is 1. The molecule has 7 heteroatoms. The Morgan fingerprint density at radius 1 is 1.13 bits per heavy atom. The topological polar surface area (TPSA) is 77.5 Å². The summed E-state index contributed by atoms with van der Waals surface area (Å²) in [6.07, 6.45) is 6.80. The highest BCUT2D eigenvalue weighted by molar-refractivity contribution is 7.15. The molecule has 0 saturated heterocycles. The van der Waals surface area contributed by atoms with E-state index in [4.69, 9.17) is 9.47 Å². The molecule has 0 bridgehead atoms. The van der Waals surface area contributed by atoms with Gasteiger partial charge in [-0.25, -0.2) is 4.98 Å². The summed E-state index contributed by atoms with van der Waals surface area (Å²) >= 11 is 1.45. The van der Waals surface area contributed by atoms with Crippen molar-refractivity contribution in [3.63, 3.8) is 0 Å². The van der Waals surface area contributed by atoms with Crippen LogP contribution in [0.3, 0.4) is 0 Å². The summed E-state index contributed by atoms with van der Waals surface area (Å²) in [6, 6.07) is 13.4. The fraction of sp³-hybridized carbons (Fsp3) is 0.292. The lowest BCUT2D eigenvalue weighted by Gasteiger charge is -2.10. The van der Waals surface area contributed by atoms with Crippen LogP contribution in [-0.2, 0) is 17.6 Å². The highest BCUT2D eigenvalue weighted by atomic mass is 32.1. The Kier molecular flexibility index (Phi) is 8.18. The van der Waals surface area contributed by atoms with Crippen molar-refractivity contribution >= 4 is 28.7 Å². The summed E-state index contributed by atoms with van der Waals surface area (Å²) in [4.78, 5) is 28.5. The average molecular weight is 439 g/mol. The molecule has 1 amide bonds. The third-order valence-electron chi connectivity index (χ3n) is 4.70. The highest BCUT2D eigenvalue weighted by Crippen LogP contribution is 2.27. The van der Waals surface area contributed by atoms with Crippen LogP contribution in [0.15, 0.2) is 48.7 Å². The first-order valence-corrected chi connectivity index (χ1v) is 11.0. The average Bonchev–Trinajstić information content (AvgIpc) is 3.23. The fourth-order valence-electron chi connectivity index (χ4n) is 3.03. The number of benzene rings is 2. The molecule has 0 saturated carbocycles. The summed E-state index contributed by atoms with van der Waals surface area (Å²) in [7, 11) is 1.48. The summed E-state index contributed by atoms with van der Waals surface area (Å²) in [5, 5.41) is 3.29. The molecule has 1 aromatic heterocycles. The molecule has 0 radical (unpaired) electrons. The number of methoxy groups -OCH3 is 1. The van der Waals surface area contributed by atoms with Gasteiger partial charge in [-0.15, -0.1) is 11.3 Å². The Balaban J connectivity index is 1.51. The number of hydrogen-bond donors (Lipinski definition) is 1. The van der Waals surface area contributed by atoms with Crippen LogP contribution in [0.1, 0.15) is 46.1 Å². The summed E-state index contributed by atoms with van der Waals surface area (Å²) in [5.74, 6) is 0.475. The van der Waals surface area contributed by atoms with E-state index in [1.54, 1.807) is 24.4 Å². The van der Waals surface area contributed by atoms with Crippen LogP contribution in [0.25, 0.3) is 0 Å². The van der Waals surface area contributed by atoms with Crippen molar-refractivity contribution in [2.75, 3.05) is 19.0 Å². The molecule has 0 spiro atoms. The van der Waals surface area contributed by atoms with Crippen LogP contribution in [-0.4, -0.2) is 30.9 Å². The number of aldehydes is 1. The second-order valence-electron chi connectivity index (χ2n) is 7.09. The van der Waals surface area contributed by atoms with Gasteiger partial charge in [0.2, 0.25) is 0 Å². The first kappa shape index (κ1) is 22.5. The Labute approximate surface area is 186 Å². The van der Waals surface area contributed by atoms with Crippen LogP contribution in [0.2, 0.25) is 0 Å². The van der Waals surface area contributed by atoms with Gasteiger partial charge in [0, 0.05) is 23.1 Å². The van der Waals surface area contributed by atoms with E-state index in [1.165, 1.54) is 42.4 Å². The molecule has 0 aliphatic heterocycles. The molecule has 0 atom stereocenters. The van der Waals surface area contributed by atoms with Gasteiger partial charge in [0.25, 0.3) is 5.91 Å². The number of carbonyl (C=O) groups excluding carboxylic acids is 2. The van der Waals surface area contributed by atoms with Gasteiger partial charge in [-0.05, 0) is 42.2 Å². The van der Waals surface area contributed by atoms with E-state index >= 15 is 0 Å². The molecular formula is C24H26N2O4S. The zero-order valence-corrected chi connectivity index (χ0v) is 18.5. The molecule has 1 N–H and O–H groups in total. The summed E-state index contributed by atoms with van der Waals surface area (Å²) in [6.45, 7) is 2.01. The zero-order chi connectivity index (χ0) is 22.1. The monoisotopic (exact) mass is 438 g/mol. The van der Waals surface area contributed by atoms with Gasteiger partial charge in [0.1, 0.15) is 6.29 Å². The standard InChI is InChI=1S/C24H26N2O4S/c1-3-4-5-17-6-8-18(9-7-17)12-20-14-25-24(31-20)26-23(28)16-30-21-11-10-19(15-27)13-22(21)29-2/h6-11,13-15H,3-5,12,16H2,1-2H3,(H,25,26,28). The van der Waals surface area contributed by atoms with E-state index in [-0.39, 0.29) is 12.5 Å². The Morgan fingerprint density at radius 3 is 2.61 bits per heavy atom. The van der Waals surface area contributed by atoms with Crippen molar-refractivity contribution in [1.29, 1.82) is 0 Å². The van der Waals surface area contributed by atoms with Gasteiger partial charge < -0.3 is 9.47 Å². The minimum absolute atomic E-state index is 0.190. The smallest absolute Gasteiger partial charge is 0.264 e. The van der Waals surface area contributed by atoms with Crippen molar-refractivity contribution in [3.05, 3.63) is 70.2 Å². The van der Waals surface area contributed by atoms with Gasteiger partial charge in [-0.1, -0.05) is 37.6 Å². The molecule has 162 valence electrons. The SMILES string of the molecule is CCCCc1ccc(Cc2cnc(NC(=O)COc3ccc(C=O)cc3OC)s2)cc1. The molecule has 3 aromatic rings. The molecule has 1 heterocycles. The molecule has 0 aliphatic rings. The number of nitrogens with zero attached hydrogens (tertiary/aromatic N) is 1. The Hall–Kier alpha value is -3.19. The van der Waals surface area contributed by atoms with Gasteiger partial charge >= 0.3 is 0 Å². The first-order valence-electron chi connectivity index (χ1n) is 10.2. The van der Waals surface area contributed by atoms with E-state index in [0.717, 1.165) is 24.0 Å². The minimum Gasteiger partial charge on any atom is -0.493 e. The number of thiazole rings is 1. The predicted molar refractivity (Wildman–Crippen MR) is 122 cm³/mol. The van der Waals surface area contributed by atoms with Crippen molar-refractivity contribution in [1.82, 2.24) is 4.98 Å². The second kappa shape index (κ2) is 11.3. The largest absolute Gasteiger partial charge is 0.493 e. The van der Waals surface area contributed by atoms with E-state index in [2.05, 4.69) is 41.5 Å². The zero-order valence-electron chi connectivity index (χ0n) is 17.7. The number of unbranched alkanes of at least 4 members (excludes halogenated alkanes) is 1. The van der Waals surface area contributed by atoms with Gasteiger partial charge in [0.05, 0.1) is 7.11 Å². The van der Waals surface area contributed by atoms with Crippen LogP contribution in [0, 0.1) is 0 Å². The number of aryl methyl sites for hydroxylation is 1. The van der Waals surface area contributed by atoms with E-state index in [0.29, 0.717) is 22.2 Å². The quantitative estimate of drug-likeness (QED) is 0.430. The number of rotatable bonds is 11. The van der Waals surface area contributed by atoms with Gasteiger partial charge in [-0.3, -0.25) is 14.9 Å². The van der Waals surface area contributed by atoms with Crippen LogP contribution < -0.4 is 14.8 Å². The molecule has 3 rings (SSSR count). The summed E-state index contributed by atoms with van der Waals surface area (Å²) in [5.41, 5.74) is 3.05. The van der Waals surface area contributed by atoms with Crippen LogP contribution >= 0.6 is 11.3 Å². The second-order valence-corrected chi connectivity index (χ2v) is 8.21. The Bertz CT molecular complexity index is 1010. The van der Waals surface area contributed by atoms with Crippen LogP contribution in [0.4, 0.5) is 5.13 Å². The maximum Gasteiger partial charge on any atom is 0.264 e.